The van der Waals surface area contributed by atoms with E-state index < -0.39 is 5.82 Å². The van der Waals surface area contributed by atoms with E-state index in [2.05, 4.69) is 20.2 Å². The van der Waals surface area contributed by atoms with E-state index in [0.29, 0.717) is 24.8 Å². The van der Waals surface area contributed by atoms with Gasteiger partial charge in [-0.1, -0.05) is 12.1 Å². The fraction of sp³-hybridized carbons (Fsp3) is 0.235. The van der Waals surface area contributed by atoms with Crippen LogP contribution in [0.15, 0.2) is 40.9 Å². The van der Waals surface area contributed by atoms with Crippen LogP contribution in [0.5, 0.6) is 0 Å². The molecule has 0 amide bonds. The Morgan fingerprint density at radius 3 is 2.80 bits per heavy atom. The predicted molar refractivity (Wildman–Crippen MR) is 86.0 cm³/mol. The first-order chi connectivity index (χ1) is 12.1. The van der Waals surface area contributed by atoms with Crippen molar-refractivity contribution in [1.82, 2.24) is 20.2 Å². The van der Waals surface area contributed by atoms with Crippen molar-refractivity contribution < 1.29 is 8.81 Å². The number of hydrogen-bond acceptors (Lipinski definition) is 7. The fourth-order valence-electron chi connectivity index (χ4n) is 2.88. The van der Waals surface area contributed by atoms with Crippen LogP contribution in [-0.4, -0.2) is 33.3 Å². The lowest BCUT2D eigenvalue weighted by Crippen LogP contribution is -2.58. The first-order valence-corrected chi connectivity index (χ1v) is 7.66. The lowest BCUT2D eigenvalue weighted by Gasteiger charge is -2.46. The van der Waals surface area contributed by atoms with Crippen LogP contribution in [0, 0.1) is 17.1 Å². The van der Waals surface area contributed by atoms with Crippen molar-refractivity contribution in [2.24, 2.45) is 0 Å². The quantitative estimate of drug-likeness (QED) is 0.724. The standard InChI is InChI=1S/C17H13FN6O/c1-17(9-24(10-17)14-6-7-20-13(8-19)21-14)16-23-22-15(25-16)11-4-2-3-5-12(11)18/h2-7H,9-10H2,1H3. The Balaban J connectivity index is 1.54. The van der Waals surface area contributed by atoms with Crippen molar-refractivity contribution in [3.8, 4) is 17.5 Å². The highest BCUT2D eigenvalue weighted by atomic mass is 19.1. The van der Waals surface area contributed by atoms with Gasteiger partial charge in [0.05, 0.1) is 11.0 Å². The van der Waals surface area contributed by atoms with Crippen LogP contribution in [0.1, 0.15) is 18.6 Å². The van der Waals surface area contributed by atoms with Gasteiger partial charge < -0.3 is 9.32 Å². The molecule has 124 valence electrons. The summed E-state index contributed by atoms with van der Waals surface area (Å²) in [6.07, 6.45) is 1.56. The summed E-state index contributed by atoms with van der Waals surface area (Å²) in [6, 6.07) is 9.96. The summed E-state index contributed by atoms with van der Waals surface area (Å²) in [4.78, 5) is 10.0. The maximum atomic E-state index is 13.9. The Kier molecular flexibility index (Phi) is 3.42. The van der Waals surface area contributed by atoms with Crippen LogP contribution < -0.4 is 4.90 Å². The Labute approximate surface area is 142 Å². The minimum atomic E-state index is -0.400. The molecule has 0 bridgehead atoms. The molecule has 0 atom stereocenters. The number of benzene rings is 1. The number of anilines is 1. The SMILES string of the molecule is CC1(c2nnc(-c3ccccc3F)o2)CN(c2ccnc(C#N)n2)C1. The second kappa shape index (κ2) is 5.63. The molecule has 8 heteroatoms. The second-order valence-electron chi connectivity index (χ2n) is 6.16. The zero-order chi connectivity index (χ0) is 17.4. The number of nitrogens with zero attached hydrogens (tertiary/aromatic N) is 6. The normalized spacial score (nSPS) is 15.5. The lowest BCUT2D eigenvalue weighted by atomic mass is 9.82. The third kappa shape index (κ3) is 2.59. The topological polar surface area (TPSA) is 91.7 Å². The highest BCUT2D eigenvalue weighted by Crippen LogP contribution is 2.37. The predicted octanol–water partition coefficient (Wildman–Crippen LogP) is 2.32. The van der Waals surface area contributed by atoms with E-state index in [-0.39, 0.29) is 22.7 Å². The van der Waals surface area contributed by atoms with Crippen molar-refractivity contribution >= 4 is 5.82 Å². The van der Waals surface area contributed by atoms with Crippen LogP contribution in [-0.2, 0) is 5.41 Å². The van der Waals surface area contributed by atoms with Gasteiger partial charge in [0.2, 0.25) is 11.7 Å². The molecule has 0 unspecified atom stereocenters. The Hall–Kier alpha value is -3.34. The minimum Gasteiger partial charge on any atom is -0.420 e. The van der Waals surface area contributed by atoms with Crippen LogP contribution in [0.3, 0.4) is 0 Å². The number of aromatic nitrogens is 4. The molecule has 0 spiro atoms. The van der Waals surface area contributed by atoms with Crippen molar-refractivity contribution in [2.75, 3.05) is 18.0 Å². The molecule has 1 aromatic carbocycles. The van der Waals surface area contributed by atoms with E-state index in [1.165, 1.54) is 6.07 Å². The summed E-state index contributed by atoms with van der Waals surface area (Å²) in [5.74, 6) is 1.03. The van der Waals surface area contributed by atoms with Crippen LogP contribution >= 0.6 is 0 Å². The Morgan fingerprint density at radius 2 is 2.04 bits per heavy atom. The Bertz CT molecular complexity index is 973. The molecule has 7 nitrogen and oxygen atoms in total. The fourth-order valence-corrected chi connectivity index (χ4v) is 2.88. The molecular weight excluding hydrogens is 323 g/mol. The first kappa shape index (κ1) is 15.2. The molecule has 2 aromatic heterocycles. The molecule has 1 fully saturated rings. The van der Waals surface area contributed by atoms with Gasteiger partial charge in [-0.05, 0) is 25.1 Å². The summed E-state index contributed by atoms with van der Waals surface area (Å²) in [6.45, 7) is 3.20. The van der Waals surface area contributed by atoms with Crippen LogP contribution in [0.2, 0.25) is 0 Å². The molecule has 0 radical (unpaired) electrons. The van der Waals surface area contributed by atoms with Crippen LogP contribution in [0.4, 0.5) is 10.2 Å². The Morgan fingerprint density at radius 1 is 1.24 bits per heavy atom. The number of hydrogen-bond donors (Lipinski definition) is 0. The molecule has 0 saturated carbocycles. The van der Waals surface area contributed by atoms with E-state index in [1.807, 2.05) is 17.9 Å². The maximum Gasteiger partial charge on any atom is 0.250 e. The molecule has 0 N–H and O–H groups in total. The van der Waals surface area contributed by atoms with Gasteiger partial charge in [0.1, 0.15) is 17.7 Å². The average molecular weight is 336 g/mol. The van der Waals surface area contributed by atoms with Crippen molar-refractivity contribution in [3.63, 3.8) is 0 Å². The minimum absolute atomic E-state index is 0.130. The molecule has 1 aliphatic rings. The van der Waals surface area contributed by atoms with Gasteiger partial charge in [0, 0.05) is 19.3 Å². The van der Waals surface area contributed by atoms with E-state index in [9.17, 15) is 4.39 Å². The van der Waals surface area contributed by atoms with Gasteiger partial charge in [-0.25, -0.2) is 14.4 Å². The molecular formula is C17H13FN6O. The van der Waals surface area contributed by atoms with Gasteiger partial charge in [0.15, 0.2) is 0 Å². The van der Waals surface area contributed by atoms with Crippen LogP contribution in [0.25, 0.3) is 11.5 Å². The van der Waals surface area contributed by atoms with E-state index >= 15 is 0 Å². The summed E-state index contributed by atoms with van der Waals surface area (Å²) < 4.78 is 19.6. The monoisotopic (exact) mass is 336 g/mol. The van der Waals surface area contributed by atoms with E-state index in [4.69, 9.17) is 9.68 Å². The number of nitriles is 1. The number of halogens is 1. The zero-order valence-corrected chi connectivity index (χ0v) is 13.3. The molecule has 3 heterocycles. The summed E-state index contributed by atoms with van der Waals surface area (Å²) in [7, 11) is 0. The zero-order valence-electron chi connectivity index (χ0n) is 13.3. The average Bonchev–Trinajstić information content (AvgIpc) is 3.09. The van der Waals surface area contributed by atoms with Crippen molar-refractivity contribution in [1.29, 1.82) is 5.26 Å². The van der Waals surface area contributed by atoms with E-state index in [0.717, 1.165) is 0 Å². The van der Waals surface area contributed by atoms with Gasteiger partial charge in [-0.3, -0.25) is 0 Å². The summed E-state index contributed by atoms with van der Waals surface area (Å²) in [5.41, 5.74) is -0.0654. The second-order valence-corrected chi connectivity index (χ2v) is 6.16. The smallest absolute Gasteiger partial charge is 0.250 e. The van der Waals surface area contributed by atoms with Gasteiger partial charge in [0.25, 0.3) is 5.89 Å². The highest BCUT2D eigenvalue weighted by molar-refractivity contribution is 5.53. The number of rotatable bonds is 3. The molecule has 0 aliphatic carbocycles. The van der Waals surface area contributed by atoms with Gasteiger partial charge in [-0.15, -0.1) is 10.2 Å². The van der Waals surface area contributed by atoms with E-state index in [1.54, 1.807) is 30.5 Å². The maximum absolute atomic E-state index is 13.9. The molecule has 3 aromatic rings. The van der Waals surface area contributed by atoms with Gasteiger partial charge in [-0.2, -0.15) is 5.26 Å². The van der Waals surface area contributed by atoms with Gasteiger partial charge >= 0.3 is 0 Å². The molecule has 1 aliphatic heterocycles. The lowest BCUT2D eigenvalue weighted by molar-refractivity contribution is 0.283. The van der Waals surface area contributed by atoms with Crippen molar-refractivity contribution in [3.05, 3.63) is 54.1 Å². The molecule has 4 rings (SSSR count). The highest BCUT2D eigenvalue weighted by Gasteiger charge is 2.45. The summed E-state index contributed by atoms with van der Waals surface area (Å²) >= 11 is 0. The third-order valence-electron chi connectivity index (χ3n) is 4.19. The molecule has 1 saturated heterocycles. The first-order valence-electron chi connectivity index (χ1n) is 7.66. The molecule has 25 heavy (non-hydrogen) atoms. The third-order valence-corrected chi connectivity index (χ3v) is 4.19. The largest absolute Gasteiger partial charge is 0.420 e. The van der Waals surface area contributed by atoms with Crippen molar-refractivity contribution in [2.45, 2.75) is 12.3 Å². The summed E-state index contributed by atoms with van der Waals surface area (Å²) in [5, 5.41) is 17.0.